The van der Waals surface area contributed by atoms with Gasteiger partial charge in [0, 0.05) is 18.7 Å². The second kappa shape index (κ2) is 5.76. The predicted molar refractivity (Wildman–Crippen MR) is 62.3 cm³/mol. The summed E-state index contributed by atoms with van der Waals surface area (Å²) in [6, 6.07) is 0. The number of thioether (sulfide) groups is 1. The van der Waals surface area contributed by atoms with E-state index in [0.29, 0.717) is 5.25 Å². The Bertz CT molecular complexity index is 186. The molecular formula is C11H20NOS. The predicted octanol–water partition coefficient (Wildman–Crippen LogP) is 2.34. The lowest BCUT2D eigenvalue weighted by atomic mass is 10.1. The largest absolute Gasteiger partial charge is 0.303 e. The molecule has 81 valence electrons. The van der Waals surface area contributed by atoms with Gasteiger partial charge in [-0.15, -0.1) is 0 Å². The highest BCUT2D eigenvalue weighted by Crippen LogP contribution is 2.24. The van der Waals surface area contributed by atoms with Crippen LogP contribution in [0.3, 0.4) is 0 Å². The minimum Gasteiger partial charge on any atom is -0.303 e. The van der Waals surface area contributed by atoms with Crippen LogP contribution in [-0.2, 0) is 4.79 Å². The summed E-state index contributed by atoms with van der Waals surface area (Å²) in [5.41, 5.74) is 0. The van der Waals surface area contributed by atoms with Crippen LogP contribution in [0.5, 0.6) is 0 Å². The molecule has 0 aromatic carbocycles. The van der Waals surface area contributed by atoms with Crippen molar-refractivity contribution in [2.75, 3.05) is 19.6 Å². The van der Waals surface area contributed by atoms with Gasteiger partial charge in [0.15, 0.2) is 5.12 Å². The van der Waals surface area contributed by atoms with Crippen LogP contribution in [-0.4, -0.2) is 34.9 Å². The van der Waals surface area contributed by atoms with Crippen LogP contribution in [0.15, 0.2) is 0 Å². The van der Waals surface area contributed by atoms with Gasteiger partial charge in [-0.1, -0.05) is 25.6 Å². The van der Waals surface area contributed by atoms with Crippen LogP contribution in [0.4, 0.5) is 0 Å². The van der Waals surface area contributed by atoms with Crippen molar-refractivity contribution in [1.29, 1.82) is 0 Å². The van der Waals surface area contributed by atoms with E-state index in [0.717, 1.165) is 32.5 Å². The molecule has 0 atom stereocenters. The van der Waals surface area contributed by atoms with E-state index in [1.807, 2.05) is 0 Å². The summed E-state index contributed by atoms with van der Waals surface area (Å²) < 4.78 is 0. The summed E-state index contributed by atoms with van der Waals surface area (Å²) in [7, 11) is 0. The molecule has 1 aliphatic rings. The first kappa shape index (κ1) is 12.1. The molecule has 0 N–H and O–H groups in total. The molecule has 0 amide bonds. The minimum absolute atomic E-state index is 0.265. The Balaban J connectivity index is 2.21. The van der Waals surface area contributed by atoms with Crippen molar-refractivity contribution in [1.82, 2.24) is 4.90 Å². The van der Waals surface area contributed by atoms with Crippen LogP contribution in [0.2, 0.25) is 0 Å². The number of rotatable bonds is 3. The zero-order valence-electron chi connectivity index (χ0n) is 9.38. The zero-order chi connectivity index (χ0) is 10.6. The second-order valence-electron chi connectivity index (χ2n) is 4.29. The highest BCUT2D eigenvalue weighted by atomic mass is 32.2. The second-order valence-corrected chi connectivity index (χ2v) is 5.77. The van der Waals surface area contributed by atoms with Crippen molar-refractivity contribution in [3.63, 3.8) is 0 Å². The molecular weight excluding hydrogens is 194 g/mol. The topological polar surface area (TPSA) is 20.3 Å². The third-order valence-corrected chi connectivity index (χ3v) is 3.54. The molecule has 0 aromatic heterocycles. The van der Waals surface area contributed by atoms with E-state index in [9.17, 15) is 4.79 Å². The molecule has 1 rings (SSSR count). The summed E-state index contributed by atoms with van der Waals surface area (Å²) in [6.45, 7) is 9.44. The number of carbonyl (C=O) groups is 1. The number of piperidine rings is 1. The number of carbonyl (C=O) groups excluding carboxylic acids is 1. The summed E-state index contributed by atoms with van der Waals surface area (Å²) >= 11 is 1.52. The van der Waals surface area contributed by atoms with Crippen LogP contribution in [0.25, 0.3) is 0 Å². The van der Waals surface area contributed by atoms with Crippen molar-refractivity contribution in [2.24, 2.45) is 0 Å². The van der Waals surface area contributed by atoms with Gasteiger partial charge in [0.25, 0.3) is 0 Å². The van der Waals surface area contributed by atoms with Gasteiger partial charge in [-0.05, 0) is 31.8 Å². The molecule has 0 aromatic rings. The first-order valence-electron chi connectivity index (χ1n) is 5.26. The van der Waals surface area contributed by atoms with E-state index < -0.39 is 0 Å². The average molecular weight is 214 g/mol. The standard InChI is InChI=1S/C11H20NOS/c1-9(2)8-12-6-4-11(5-7-12)14-10(3)13/h11H,4-8H2,1-3H3. The van der Waals surface area contributed by atoms with Crippen LogP contribution in [0.1, 0.15) is 33.6 Å². The third kappa shape index (κ3) is 4.47. The van der Waals surface area contributed by atoms with E-state index >= 15 is 0 Å². The van der Waals surface area contributed by atoms with Gasteiger partial charge in [-0.2, -0.15) is 0 Å². The third-order valence-electron chi connectivity index (χ3n) is 2.41. The lowest BCUT2D eigenvalue weighted by molar-refractivity contribution is -0.109. The number of hydrogen-bond donors (Lipinski definition) is 0. The van der Waals surface area contributed by atoms with Crippen LogP contribution < -0.4 is 0 Å². The van der Waals surface area contributed by atoms with Gasteiger partial charge in [0.05, 0.1) is 0 Å². The molecule has 2 nitrogen and oxygen atoms in total. The molecule has 0 unspecified atom stereocenters. The Morgan fingerprint density at radius 2 is 1.86 bits per heavy atom. The maximum atomic E-state index is 10.9. The van der Waals surface area contributed by atoms with E-state index in [2.05, 4.69) is 18.7 Å². The van der Waals surface area contributed by atoms with E-state index in [4.69, 9.17) is 0 Å². The summed E-state index contributed by atoms with van der Waals surface area (Å²) in [5.74, 6) is 1.47. The summed E-state index contributed by atoms with van der Waals surface area (Å²) in [4.78, 5) is 13.4. The van der Waals surface area contributed by atoms with Gasteiger partial charge in [-0.25, -0.2) is 0 Å². The maximum absolute atomic E-state index is 10.9. The molecule has 1 fully saturated rings. The molecule has 1 heterocycles. The Kier molecular flexibility index (Phi) is 4.96. The van der Waals surface area contributed by atoms with Gasteiger partial charge >= 0.3 is 0 Å². The van der Waals surface area contributed by atoms with Crippen LogP contribution >= 0.6 is 11.8 Å². The minimum atomic E-state index is 0.265. The molecule has 1 saturated heterocycles. The lowest BCUT2D eigenvalue weighted by Crippen LogP contribution is -2.36. The normalized spacial score (nSPS) is 20.3. The molecule has 0 spiro atoms. The van der Waals surface area contributed by atoms with Crippen molar-refractivity contribution in [3.05, 3.63) is 5.92 Å². The molecule has 14 heavy (non-hydrogen) atoms. The monoisotopic (exact) mass is 214 g/mol. The van der Waals surface area contributed by atoms with Gasteiger partial charge in [0.2, 0.25) is 0 Å². The SMILES string of the molecule is C[C](C)CN1CCC(SC(C)=O)CC1. The smallest absolute Gasteiger partial charge is 0.186 e. The number of likely N-dealkylation sites (tertiary alicyclic amines) is 1. The lowest BCUT2D eigenvalue weighted by Gasteiger charge is -2.31. The molecule has 0 aliphatic carbocycles. The van der Waals surface area contributed by atoms with Crippen molar-refractivity contribution in [3.8, 4) is 0 Å². The summed E-state index contributed by atoms with van der Waals surface area (Å²) in [5, 5.41) is 0.836. The van der Waals surface area contributed by atoms with Gasteiger partial charge < -0.3 is 4.90 Å². The highest BCUT2D eigenvalue weighted by molar-refractivity contribution is 8.14. The van der Waals surface area contributed by atoms with Crippen LogP contribution in [0, 0.1) is 5.92 Å². The molecule has 1 radical (unpaired) electrons. The maximum Gasteiger partial charge on any atom is 0.186 e. The Labute approximate surface area is 91.4 Å². The average Bonchev–Trinajstić information content (AvgIpc) is 2.06. The zero-order valence-corrected chi connectivity index (χ0v) is 10.2. The van der Waals surface area contributed by atoms with E-state index in [1.54, 1.807) is 6.92 Å². The molecule has 3 heteroatoms. The fourth-order valence-corrected chi connectivity index (χ4v) is 2.78. The number of nitrogens with zero attached hydrogens (tertiary/aromatic N) is 1. The van der Waals surface area contributed by atoms with Crippen molar-refractivity contribution in [2.45, 2.75) is 38.9 Å². The van der Waals surface area contributed by atoms with Gasteiger partial charge in [0.1, 0.15) is 0 Å². The fraction of sp³-hybridized carbons (Fsp3) is 0.818. The summed E-state index contributed by atoms with van der Waals surface area (Å²) in [6.07, 6.45) is 2.33. The first-order chi connectivity index (χ1) is 6.58. The number of hydrogen-bond acceptors (Lipinski definition) is 3. The Morgan fingerprint density at radius 3 is 2.29 bits per heavy atom. The van der Waals surface area contributed by atoms with Crippen molar-refractivity contribution >= 4 is 16.9 Å². The van der Waals surface area contributed by atoms with Gasteiger partial charge in [-0.3, -0.25) is 4.79 Å². The first-order valence-corrected chi connectivity index (χ1v) is 6.14. The molecule has 0 saturated carbocycles. The Morgan fingerprint density at radius 1 is 1.29 bits per heavy atom. The quantitative estimate of drug-likeness (QED) is 0.719. The van der Waals surface area contributed by atoms with E-state index in [-0.39, 0.29) is 5.12 Å². The Hall–Kier alpha value is -0.0200. The van der Waals surface area contributed by atoms with E-state index in [1.165, 1.54) is 17.7 Å². The van der Waals surface area contributed by atoms with Crippen molar-refractivity contribution < 1.29 is 4.79 Å². The fourth-order valence-electron chi connectivity index (χ4n) is 1.87. The molecule has 0 bridgehead atoms. The molecule has 1 aliphatic heterocycles. The highest BCUT2D eigenvalue weighted by Gasteiger charge is 2.20.